The van der Waals surface area contributed by atoms with Crippen LogP contribution in [0.3, 0.4) is 0 Å². The number of morpholine rings is 1. The molecule has 0 spiro atoms. The Morgan fingerprint density at radius 1 is 1.23 bits per heavy atom. The van der Waals surface area contributed by atoms with E-state index in [4.69, 9.17) is 9.47 Å². The highest BCUT2D eigenvalue weighted by Crippen LogP contribution is 2.28. The number of hydrogen-bond donors (Lipinski definition) is 1. The average Bonchev–Trinajstić information content (AvgIpc) is 3.21. The number of nitrogens with zero attached hydrogens (tertiary/aromatic N) is 5. The molecule has 2 aromatic heterocycles. The number of rotatable bonds is 7. The highest BCUT2D eigenvalue weighted by molar-refractivity contribution is 5.95. The molecule has 1 amide bonds. The molecule has 9 nitrogen and oxygen atoms in total. The number of carbonyl (C=O) groups excluding carboxylic acids is 1. The van der Waals surface area contributed by atoms with Gasteiger partial charge in [-0.15, -0.1) is 0 Å². The Balaban J connectivity index is 1.48. The van der Waals surface area contributed by atoms with Crippen LogP contribution in [0, 0.1) is 6.92 Å². The Morgan fingerprint density at radius 2 is 2.03 bits per heavy atom. The lowest BCUT2D eigenvalue weighted by Crippen LogP contribution is -2.41. The molecule has 1 aromatic carbocycles. The first-order chi connectivity index (χ1) is 15.2. The topological polar surface area (TPSA) is 94.4 Å². The first-order valence-corrected chi connectivity index (χ1v) is 10.3. The van der Waals surface area contributed by atoms with E-state index in [1.54, 1.807) is 24.2 Å². The van der Waals surface area contributed by atoms with E-state index in [0.29, 0.717) is 29.4 Å². The van der Waals surface area contributed by atoms with E-state index < -0.39 is 0 Å². The minimum absolute atomic E-state index is 0.155. The van der Waals surface area contributed by atoms with Gasteiger partial charge in [-0.25, -0.2) is 14.6 Å². The highest BCUT2D eigenvalue weighted by atomic mass is 16.5. The summed E-state index contributed by atoms with van der Waals surface area (Å²) in [4.78, 5) is 23.9. The third-order valence-electron chi connectivity index (χ3n) is 5.29. The summed E-state index contributed by atoms with van der Waals surface area (Å²) in [5, 5.41) is 7.33. The minimum Gasteiger partial charge on any atom is -0.496 e. The number of para-hydroxylation sites is 1. The van der Waals surface area contributed by atoms with Crippen LogP contribution in [0.1, 0.15) is 16.1 Å². The molecule has 0 unspecified atom stereocenters. The van der Waals surface area contributed by atoms with Crippen molar-refractivity contribution in [3.63, 3.8) is 0 Å². The maximum atomic E-state index is 12.7. The average molecular weight is 422 g/mol. The molecule has 162 valence electrons. The van der Waals surface area contributed by atoms with E-state index in [1.807, 2.05) is 37.3 Å². The molecule has 31 heavy (non-hydrogen) atoms. The third kappa shape index (κ3) is 4.73. The van der Waals surface area contributed by atoms with Gasteiger partial charge in [0.2, 0.25) is 0 Å². The van der Waals surface area contributed by atoms with Crippen molar-refractivity contribution in [3.05, 3.63) is 54.0 Å². The first kappa shape index (κ1) is 21.0. The van der Waals surface area contributed by atoms with Gasteiger partial charge in [-0.2, -0.15) is 5.10 Å². The Kier molecular flexibility index (Phi) is 6.54. The van der Waals surface area contributed by atoms with Crippen LogP contribution in [0.5, 0.6) is 5.75 Å². The molecule has 9 heteroatoms. The number of aromatic nitrogens is 4. The second-order valence-corrected chi connectivity index (χ2v) is 7.21. The fourth-order valence-corrected chi connectivity index (χ4v) is 3.54. The minimum atomic E-state index is -0.155. The molecule has 0 atom stereocenters. The largest absolute Gasteiger partial charge is 0.496 e. The van der Waals surface area contributed by atoms with Crippen LogP contribution in [0.25, 0.3) is 17.2 Å². The molecule has 3 aromatic rings. The number of hydrogen-bond acceptors (Lipinski definition) is 7. The molecule has 1 saturated heterocycles. The van der Waals surface area contributed by atoms with E-state index in [1.165, 1.54) is 0 Å². The van der Waals surface area contributed by atoms with E-state index in [9.17, 15) is 4.79 Å². The summed E-state index contributed by atoms with van der Waals surface area (Å²) in [6.07, 6.45) is 3.23. The van der Waals surface area contributed by atoms with Crippen LogP contribution in [0.4, 0.5) is 0 Å². The van der Waals surface area contributed by atoms with Gasteiger partial charge in [0.25, 0.3) is 11.9 Å². The zero-order valence-corrected chi connectivity index (χ0v) is 17.7. The number of methoxy groups -OCH3 is 1. The number of benzene rings is 1. The van der Waals surface area contributed by atoms with Crippen molar-refractivity contribution in [3.8, 4) is 23.0 Å². The summed E-state index contributed by atoms with van der Waals surface area (Å²) in [5.41, 5.74) is 2.77. The summed E-state index contributed by atoms with van der Waals surface area (Å²) in [6.45, 7) is 6.49. The van der Waals surface area contributed by atoms with Crippen LogP contribution in [-0.2, 0) is 4.74 Å². The van der Waals surface area contributed by atoms with Gasteiger partial charge in [-0.3, -0.25) is 9.69 Å². The smallest absolute Gasteiger partial charge is 0.254 e. The lowest BCUT2D eigenvalue weighted by atomic mass is 10.1. The third-order valence-corrected chi connectivity index (χ3v) is 5.29. The summed E-state index contributed by atoms with van der Waals surface area (Å²) in [5.74, 6) is 0.968. The van der Waals surface area contributed by atoms with Gasteiger partial charge in [-0.1, -0.05) is 12.1 Å². The Morgan fingerprint density at radius 3 is 2.84 bits per heavy atom. The number of carbonyl (C=O) groups is 1. The molecule has 3 heterocycles. The zero-order valence-electron chi connectivity index (χ0n) is 17.7. The number of nitrogens with one attached hydrogen (secondary N) is 1. The number of ether oxygens (including phenoxy) is 2. The second kappa shape index (κ2) is 9.67. The normalized spacial score (nSPS) is 14.4. The van der Waals surface area contributed by atoms with Gasteiger partial charge >= 0.3 is 0 Å². The standard InChI is InChI=1S/C22H26N6O3/c1-16-18(21(29)23-9-10-27-11-13-31-14-12-27)15-25-28(16)22-24-8-7-19(26-22)17-5-3-4-6-20(17)30-2/h3-8,15H,9-14H2,1-2H3,(H,23,29). The SMILES string of the molecule is COc1ccccc1-c1ccnc(-n2ncc(C(=O)NCCN3CCOCC3)c2C)n1. The van der Waals surface area contributed by atoms with E-state index >= 15 is 0 Å². The van der Waals surface area contributed by atoms with Crippen LogP contribution < -0.4 is 10.1 Å². The molecular weight excluding hydrogens is 396 g/mol. The molecule has 0 saturated carbocycles. The van der Waals surface area contributed by atoms with Crippen molar-refractivity contribution in [2.75, 3.05) is 46.5 Å². The van der Waals surface area contributed by atoms with Crippen LogP contribution in [0.15, 0.2) is 42.7 Å². The first-order valence-electron chi connectivity index (χ1n) is 10.3. The summed E-state index contributed by atoms with van der Waals surface area (Å²) in [6, 6.07) is 9.48. The van der Waals surface area contributed by atoms with E-state index in [-0.39, 0.29) is 5.91 Å². The van der Waals surface area contributed by atoms with Gasteiger partial charge in [0.1, 0.15) is 5.75 Å². The molecule has 1 fully saturated rings. The van der Waals surface area contributed by atoms with Crippen molar-refractivity contribution < 1.29 is 14.3 Å². The monoisotopic (exact) mass is 422 g/mol. The number of amides is 1. The van der Waals surface area contributed by atoms with Crippen molar-refractivity contribution in [1.29, 1.82) is 0 Å². The quantitative estimate of drug-likeness (QED) is 0.619. The predicted molar refractivity (Wildman–Crippen MR) is 115 cm³/mol. The van der Waals surface area contributed by atoms with Crippen molar-refractivity contribution in [2.24, 2.45) is 0 Å². The van der Waals surface area contributed by atoms with Gasteiger partial charge in [0.15, 0.2) is 0 Å². The molecular formula is C22H26N6O3. The van der Waals surface area contributed by atoms with E-state index in [2.05, 4.69) is 25.3 Å². The van der Waals surface area contributed by atoms with Gasteiger partial charge < -0.3 is 14.8 Å². The predicted octanol–water partition coefficient (Wildman–Crippen LogP) is 1.71. The molecule has 0 bridgehead atoms. The lowest BCUT2D eigenvalue weighted by Gasteiger charge is -2.26. The Bertz CT molecular complexity index is 1050. The summed E-state index contributed by atoms with van der Waals surface area (Å²) in [7, 11) is 1.63. The second-order valence-electron chi connectivity index (χ2n) is 7.21. The molecule has 4 rings (SSSR count). The van der Waals surface area contributed by atoms with E-state index in [0.717, 1.165) is 44.2 Å². The van der Waals surface area contributed by atoms with Gasteiger partial charge in [0, 0.05) is 37.9 Å². The lowest BCUT2D eigenvalue weighted by molar-refractivity contribution is 0.0383. The van der Waals surface area contributed by atoms with Gasteiger partial charge in [0.05, 0.1) is 43.5 Å². The van der Waals surface area contributed by atoms with Crippen LogP contribution in [-0.4, -0.2) is 77.1 Å². The summed E-state index contributed by atoms with van der Waals surface area (Å²) < 4.78 is 12.4. The maximum Gasteiger partial charge on any atom is 0.254 e. The Labute approximate surface area is 181 Å². The fourth-order valence-electron chi connectivity index (χ4n) is 3.54. The van der Waals surface area contributed by atoms with Crippen LogP contribution >= 0.6 is 0 Å². The molecule has 0 aliphatic carbocycles. The molecule has 1 N–H and O–H groups in total. The molecule has 1 aliphatic rings. The maximum absolute atomic E-state index is 12.7. The van der Waals surface area contributed by atoms with Crippen molar-refractivity contribution >= 4 is 5.91 Å². The highest BCUT2D eigenvalue weighted by Gasteiger charge is 2.18. The summed E-state index contributed by atoms with van der Waals surface area (Å²) >= 11 is 0. The van der Waals surface area contributed by atoms with Crippen LogP contribution in [0.2, 0.25) is 0 Å². The van der Waals surface area contributed by atoms with Crippen molar-refractivity contribution in [1.82, 2.24) is 30.0 Å². The fraction of sp³-hybridized carbons (Fsp3) is 0.364. The molecule has 1 aliphatic heterocycles. The van der Waals surface area contributed by atoms with Crippen molar-refractivity contribution in [2.45, 2.75) is 6.92 Å². The molecule has 0 radical (unpaired) electrons. The zero-order chi connectivity index (χ0) is 21.6. The van der Waals surface area contributed by atoms with Gasteiger partial charge in [-0.05, 0) is 25.1 Å². The Hall–Kier alpha value is -3.30.